The maximum atomic E-state index is 17.1. The van der Waals surface area contributed by atoms with Crippen molar-refractivity contribution < 1.29 is 23.0 Å². The Labute approximate surface area is 297 Å². The van der Waals surface area contributed by atoms with Gasteiger partial charge in [-0.1, -0.05) is 17.7 Å². The van der Waals surface area contributed by atoms with Gasteiger partial charge in [0.1, 0.15) is 40.4 Å². The summed E-state index contributed by atoms with van der Waals surface area (Å²) in [6.45, 7) is 8.91. The summed E-state index contributed by atoms with van der Waals surface area (Å²) in [6.07, 6.45) is 5.49. The highest BCUT2D eigenvalue weighted by atomic mass is 35.5. The van der Waals surface area contributed by atoms with Crippen LogP contribution in [0.1, 0.15) is 64.9 Å². The Balaban J connectivity index is 1.24. The maximum Gasteiger partial charge on any atom is 0.410 e. The van der Waals surface area contributed by atoms with Crippen LogP contribution in [0, 0.1) is 23.0 Å². The lowest BCUT2D eigenvalue weighted by Gasteiger charge is -2.42. The molecule has 2 aromatic carbocycles. The number of rotatable bonds is 5. The fraction of sp³-hybridized carbons (Fsp3) is 0.500. The Morgan fingerprint density at radius 2 is 1.86 bits per heavy atom. The van der Waals surface area contributed by atoms with Gasteiger partial charge >= 0.3 is 12.1 Å². The highest BCUT2D eigenvalue weighted by molar-refractivity contribution is 7.23. The van der Waals surface area contributed by atoms with E-state index in [2.05, 4.69) is 20.9 Å². The zero-order chi connectivity index (χ0) is 35.1. The van der Waals surface area contributed by atoms with Crippen LogP contribution >= 0.6 is 22.9 Å². The summed E-state index contributed by atoms with van der Waals surface area (Å²) in [5, 5.41) is 10.7. The lowest BCUT2D eigenvalue weighted by molar-refractivity contribution is 0.0122. The number of ether oxygens (including phenoxy) is 2. The lowest BCUT2D eigenvalue weighted by Crippen LogP contribution is -2.57. The topological polar surface area (TPSA) is 121 Å². The molecule has 0 radical (unpaired) electrons. The van der Waals surface area contributed by atoms with E-state index >= 15 is 4.39 Å². The highest BCUT2D eigenvalue weighted by Crippen LogP contribution is 2.46. The Kier molecular flexibility index (Phi) is 8.00. The van der Waals surface area contributed by atoms with Gasteiger partial charge in [0.15, 0.2) is 5.82 Å². The van der Waals surface area contributed by atoms with Crippen LogP contribution in [-0.4, -0.2) is 81.9 Å². The monoisotopic (exact) mass is 721 g/mol. The van der Waals surface area contributed by atoms with Crippen LogP contribution in [-0.2, 0) is 4.74 Å². The molecule has 2 bridgehead atoms. The second-order valence-electron chi connectivity index (χ2n) is 14.9. The molecule has 2 atom stereocenters. The molecule has 4 aromatic rings. The van der Waals surface area contributed by atoms with Crippen molar-refractivity contribution in [2.24, 2.45) is 0 Å². The third-order valence-electron chi connectivity index (χ3n) is 10.7. The van der Waals surface area contributed by atoms with Gasteiger partial charge in [-0.3, -0.25) is 9.80 Å². The van der Waals surface area contributed by atoms with Crippen molar-refractivity contribution in [2.75, 3.05) is 43.4 Å². The number of aromatic nitrogens is 2. The normalized spacial score (nSPS) is 21.6. The number of amides is 1. The van der Waals surface area contributed by atoms with Crippen LogP contribution in [0.2, 0.25) is 5.02 Å². The number of hydrogen-bond acceptors (Lipinski definition) is 10. The molecule has 1 amide bonds. The quantitative estimate of drug-likeness (QED) is 0.223. The van der Waals surface area contributed by atoms with Crippen LogP contribution < -0.4 is 15.4 Å². The number of hydrogen-bond donors (Lipinski definition) is 1. The molecule has 0 saturated carbocycles. The highest BCUT2D eigenvalue weighted by Gasteiger charge is 2.46. The molecule has 262 valence electrons. The largest absolute Gasteiger partial charge is 0.461 e. The van der Waals surface area contributed by atoms with Crippen molar-refractivity contribution in [1.82, 2.24) is 19.8 Å². The number of carbonyl (C=O) groups is 1. The zero-order valence-corrected chi connectivity index (χ0v) is 29.8. The number of piperazine rings is 1. The molecule has 2 N–H and O–H groups in total. The number of nitrogens with zero attached hydrogens (tertiary/aromatic N) is 6. The second kappa shape index (κ2) is 12.1. The Morgan fingerprint density at radius 3 is 2.52 bits per heavy atom. The minimum Gasteiger partial charge on any atom is -0.461 e. The van der Waals surface area contributed by atoms with Crippen molar-refractivity contribution in [2.45, 2.75) is 82.5 Å². The molecule has 50 heavy (non-hydrogen) atoms. The van der Waals surface area contributed by atoms with Gasteiger partial charge in [0.2, 0.25) is 0 Å². The first-order chi connectivity index (χ1) is 23.9. The number of nitriles is 1. The summed E-state index contributed by atoms with van der Waals surface area (Å²) >= 11 is 7.85. The Morgan fingerprint density at radius 1 is 1.16 bits per heavy atom. The minimum absolute atomic E-state index is 0.00213. The fourth-order valence-corrected chi connectivity index (χ4v) is 9.81. The smallest absolute Gasteiger partial charge is 0.410 e. The van der Waals surface area contributed by atoms with Gasteiger partial charge in [-0.05, 0) is 90.1 Å². The number of benzene rings is 2. The number of nitrogens with two attached hydrogens (primary N) is 1. The molecule has 10 nitrogen and oxygen atoms in total. The number of thiophene rings is 1. The molecular formula is C36H38ClF2N7O3S. The molecule has 0 aliphatic carbocycles. The Hall–Kier alpha value is -3.99. The molecule has 8 rings (SSSR count). The van der Waals surface area contributed by atoms with E-state index in [1.54, 1.807) is 6.07 Å². The summed E-state index contributed by atoms with van der Waals surface area (Å²) in [6, 6.07) is 6.13. The standard InChI is InChI=1S/C36H38ClF2N7O3S/c1-35(2,3)49-34(47)46-19-6-7-20(46)17-44(16-19)32-22-14-24(37)27(21-8-9-25(38)30-26(21)23(15-40)31(41)50-30)28(39)29(22)42-33(43-32)48-18-36-10-4-12-45(36)13-5-11-36/h8-9,14,19-20H,4-7,10-13,16-18,41H2,1-3H3/t19-,20+. The third kappa shape index (κ3) is 5.38. The summed E-state index contributed by atoms with van der Waals surface area (Å²) in [5.74, 6) is -0.835. The van der Waals surface area contributed by atoms with Gasteiger partial charge in [0.25, 0.3) is 0 Å². The van der Waals surface area contributed by atoms with Crippen molar-refractivity contribution in [1.29, 1.82) is 5.26 Å². The molecule has 4 aliphatic rings. The molecule has 0 unspecified atom stereocenters. The predicted molar refractivity (Wildman–Crippen MR) is 190 cm³/mol. The predicted octanol–water partition coefficient (Wildman–Crippen LogP) is 7.49. The number of anilines is 2. The number of nitrogen functional groups attached to an aromatic ring is 1. The summed E-state index contributed by atoms with van der Waals surface area (Å²) in [4.78, 5) is 29.2. The first-order valence-corrected chi connectivity index (χ1v) is 18.3. The van der Waals surface area contributed by atoms with Crippen molar-refractivity contribution >= 4 is 60.8 Å². The minimum atomic E-state index is -0.737. The summed E-state index contributed by atoms with van der Waals surface area (Å²) < 4.78 is 44.4. The van der Waals surface area contributed by atoms with Crippen LogP contribution in [0.3, 0.4) is 0 Å². The number of halogens is 3. The van der Waals surface area contributed by atoms with Gasteiger partial charge in [0.05, 0.1) is 32.9 Å². The average molecular weight is 722 g/mol. The van der Waals surface area contributed by atoms with E-state index in [1.165, 1.54) is 12.1 Å². The molecule has 6 heterocycles. The van der Waals surface area contributed by atoms with Crippen LogP contribution in [0.25, 0.3) is 32.1 Å². The summed E-state index contributed by atoms with van der Waals surface area (Å²) in [5.41, 5.74) is 5.68. The zero-order valence-electron chi connectivity index (χ0n) is 28.2. The first kappa shape index (κ1) is 33.2. The molecule has 4 aliphatic heterocycles. The maximum absolute atomic E-state index is 17.1. The molecule has 4 fully saturated rings. The average Bonchev–Trinajstić information content (AvgIpc) is 3.80. The van der Waals surface area contributed by atoms with Gasteiger partial charge in [-0.15, -0.1) is 11.3 Å². The van der Waals surface area contributed by atoms with Crippen molar-refractivity contribution in [3.8, 4) is 23.2 Å². The van der Waals surface area contributed by atoms with Gasteiger partial charge in [-0.25, -0.2) is 13.6 Å². The molecule has 4 saturated heterocycles. The first-order valence-electron chi connectivity index (χ1n) is 17.1. The van der Waals surface area contributed by atoms with E-state index in [4.69, 9.17) is 31.8 Å². The van der Waals surface area contributed by atoms with E-state index in [0.717, 1.165) is 63.0 Å². The van der Waals surface area contributed by atoms with Crippen LogP contribution in [0.15, 0.2) is 18.2 Å². The second-order valence-corrected chi connectivity index (χ2v) is 16.4. The fourth-order valence-electron chi connectivity index (χ4n) is 8.57. The van der Waals surface area contributed by atoms with Gasteiger partial charge in [0, 0.05) is 29.4 Å². The van der Waals surface area contributed by atoms with E-state index in [9.17, 15) is 14.4 Å². The third-order valence-corrected chi connectivity index (χ3v) is 12.0. The van der Waals surface area contributed by atoms with Crippen LogP contribution in [0.4, 0.5) is 24.4 Å². The van der Waals surface area contributed by atoms with Gasteiger partial charge < -0.3 is 20.1 Å². The molecular weight excluding hydrogens is 684 g/mol. The van der Waals surface area contributed by atoms with Crippen molar-refractivity contribution in [3.63, 3.8) is 0 Å². The van der Waals surface area contributed by atoms with E-state index in [1.807, 2.05) is 25.7 Å². The van der Waals surface area contributed by atoms with E-state index in [-0.39, 0.29) is 72.0 Å². The van der Waals surface area contributed by atoms with Gasteiger partial charge in [-0.2, -0.15) is 15.2 Å². The Bertz CT molecular complexity index is 2070. The van der Waals surface area contributed by atoms with Crippen molar-refractivity contribution in [3.05, 3.63) is 40.4 Å². The lowest BCUT2D eigenvalue weighted by atomic mass is 9.95. The van der Waals surface area contributed by atoms with Crippen LogP contribution in [0.5, 0.6) is 6.01 Å². The SMILES string of the molecule is CC(C)(C)OC(=O)N1[C@@H]2CC[C@H]1CN(c1nc(OCC34CCCN3CCC4)nc3c(F)c(-c4ccc(F)c5sc(N)c(C#N)c45)c(Cl)cc13)C2. The van der Waals surface area contributed by atoms with E-state index < -0.39 is 17.2 Å². The molecule has 0 spiro atoms. The number of fused-ring (bicyclic) bond motifs is 5. The molecule has 14 heteroatoms. The summed E-state index contributed by atoms with van der Waals surface area (Å²) in [7, 11) is 0. The molecule has 2 aromatic heterocycles. The number of carbonyl (C=O) groups excluding carboxylic acids is 1. The van der Waals surface area contributed by atoms with E-state index in [0.29, 0.717) is 30.9 Å².